The fraction of sp³-hybridized carbons (Fsp3) is 0.212. The topological polar surface area (TPSA) is 128 Å². The van der Waals surface area contributed by atoms with E-state index in [1.54, 1.807) is 78.7 Å². The fourth-order valence-electron chi connectivity index (χ4n) is 4.75. The number of anilines is 1. The Morgan fingerprint density at radius 1 is 0.767 bits per heavy atom. The Kier molecular flexibility index (Phi) is 8.85. The molecule has 2 amide bonds. The molecule has 1 aliphatic heterocycles. The Morgan fingerprint density at radius 2 is 1.42 bits per heavy atom. The zero-order valence-corrected chi connectivity index (χ0v) is 23.8. The number of likely N-dealkylation sites (tertiary alicyclic amines) is 1. The molecule has 0 unspecified atom stereocenters. The van der Waals surface area contributed by atoms with Crippen molar-refractivity contribution < 1.29 is 28.7 Å². The summed E-state index contributed by atoms with van der Waals surface area (Å²) >= 11 is 0. The summed E-state index contributed by atoms with van der Waals surface area (Å²) in [5.74, 6) is 0.802. The zero-order valence-electron chi connectivity index (χ0n) is 23.8. The lowest BCUT2D eigenvalue weighted by Gasteiger charge is -2.31. The van der Waals surface area contributed by atoms with E-state index in [0.717, 1.165) is 0 Å². The van der Waals surface area contributed by atoms with E-state index >= 15 is 0 Å². The molecule has 5 rings (SSSR count). The predicted molar refractivity (Wildman–Crippen MR) is 159 cm³/mol. The van der Waals surface area contributed by atoms with Crippen molar-refractivity contribution in [3.8, 4) is 17.4 Å². The quantitative estimate of drug-likeness (QED) is 0.259. The van der Waals surface area contributed by atoms with Crippen molar-refractivity contribution in [2.75, 3.05) is 25.5 Å². The van der Waals surface area contributed by atoms with Gasteiger partial charge in [-0.3, -0.25) is 24.2 Å². The Balaban J connectivity index is 1.11. The van der Waals surface area contributed by atoms with Crippen LogP contribution in [-0.2, 0) is 0 Å². The summed E-state index contributed by atoms with van der Waals surface area (Å²) in [4.78, 5) is 60.2. The Morgan fingerprint density at radius 3 is 2.00 bits per heavy atom. The first kappa shape index (κ1) is 29.1. The molecular formula is C33H30N4O6. The van der Waals surface area contributed by atoms with Crippen LogP contribution in [0.15, 0.2) is 85.2 Å². The molecule has 43 heavy (non-hydrogen) atoms. The van der Waals surface area contributed by atoms with Crippen LogP contribution in [0.4, 0.5) is 5.69 Å². The number of methoxy groups -OCH3 is 1. The maximum Gasteiger partial charge on any atom is 0.272 e. The molecule has 0 aliphatic carbocycles. The van der Waals surface area contributed by atoms with Crippen LogP contribution in [0.25, 0.3) is 0 Å². The molecule has 1 aliphatic rings. The molecule has 2 aromatic carbocycles. The molecule has 218 valence electrons. The van der Waals surface area contributed by atoms with Gasteiger partial charge in [0.2, 0.25) is 5.88 Å². The molecule has 2 aromatic heterocycles. The Hall–Kier alpha value is -5.38. The number of nitrogens with zero attached hydrogens (tertiary/aromatic N) is 3. The van der Waals surface area contributed by atoms with Crippen LogP contribution in [0.3, 0.4) is 0 Å². The number of carbonyl (C=O) groups excluding carboxylic acids is 4. The van der Waals surface area contributed by atoms with E-state index in [1.807, 2.05) is 0 Å². The van der Waals surface area contributed by atoms with Gasteiger partial charge in [0.15, 0.2) is 11.6 Å². The molecule has 0 saturated carbocycles. The van der Waals surface area contributed by atoms with E-state index in [1.165, 1.54) is 25.4 Å². The third kappa shape index (κ3) is 7.10. The lowest BCUT2D eigenvalue weighted by Crippen LogP contribution is -2.40. The smallest absolute Gasteiger partial charge is 0.272 e. The molecule has 1 fully saturated rings. The normalized spacial score (nSPS) is 13.2. The maximum atomic E-state index is 13.0. The number of rotatable bonds is 9. The highest BCUT2D eigenvalue weighted by atomic mass is 16.5. The van der Waals surface area contributed by atoms with Crippen LogP contribution >= 0.6 is 0 Å². The summed E-state index contributed by atoms with van der Waals surface area (Å²) in [5, 5.41) is 2.75. The highest BCUT2D eigenvalue weighted by Crippen LogP contribution is 2.25. The molecule has 4 aromatic rings. The number of Topliss-reactive ketones (excluding diaryl/α,β-unsaturated/α-hetero) is 2. The molecule has 0 spiro atoms. The van der Waals surface area contributed by atoms with Gasteiger partial charge in [-0.2, -0.15) is 0 Å². The minimum atomic E-state index is -0.403. The molecule has 10 heteroatoms. The molecule has 1 saturated heterocycles. The van der Waals surface area contributed by atoms with Crippen molar-refractivity contribution in [3.05, 3.63) is 108 Å². The van der Waals surface area contributed by atoms with E-state index < -0.39 is 5.91 Å². The summed E-state index contributed by atoms with van der Waals surface area (Å²) in [6.45, 7) is 2.40. The predicted octanol–water partition coefficient (Wildman–Crippen LogP) is 5.47. The lowest BCUT2D eigenvalue weighted by molar-refractivity contribution is 0.0645. The van der Waals surface area contributed by atoms with Crippen molar-refractivity contribution in [1.82, 2.24) is 14.9 Å². The number of benzene rings is 2. The van der Waals surface area contributed by atoms with E-state index in [2.05, 4.69) is 15.3 Å². The van der Waals surface area contributed by atoms with Crippen LogP contribution in [0.2, 0.25) is 0 Å². The molecule has 1 N–H and O–H groups in total. The number of ether oxygens (including phenoxy) is 2. The second-order valence-corrected chi connectivity index (χ2v) is 10.1. The second kappa shape index (κ2) is 13.1. The molecule has 0 radical (unpaired) electrons. The average molecular weight is 579 g/mol. The van der Waals surface area contributed by atoms with Gasteiger partial charge in [-0.15, -0.1) is 0 Å². The van der Waals surface area contributed by atoms with Gasteiger partial charge < -0.3 is 19.7 Å². The minimum Gasteiger partial charge on any atom is -0.497 e. The summed E-state index contributed by atoms with van der Waals surface area (Å²) < 4.78 is 10.8. The average Bonchev–Trinajstić information content (AvgIpc) is 3.05. The number of nitrogens with one attached hydrogen (secondary N) is 1. The highest BCUT2D eigenvalue weighted by Gasteiger charge is 2.29. The number of amides is 2. The standard InChI is InChI=1S/C33H30N4O6/c1-21(38)22-3-11-28(12-4-22)43-30-14-8-26(20-35-30)36-32(40)25-7-13-29(34-19-25)33(41)37-17-15-24(16-18-37)31(39)23-5-9-27(42-2)10-6-23/h3-14,19-20,24H,15-18H2,1-2H3,(H,36,40). The van der Waals surface area contributed by atoms with Gasteiger partial charge in [-0.25, -0.2) is 4.98 Å². The summed E-state index contributed by atoms with van der Waals surface area (Å²) in [7, 11) is 1.58. The third-order valence-corrected chi connectivity index (χ3v) is 7.25. The van der Waals surface area contributed by atoms with Crippen LogP contribution in [-0.4, -0.2) is 58.4 Å². The summed E-state index contributed by atoms with van der Waals surface area (Å²) in [6, 6.07) is 20.1. The van der Waals surface area contributed by atoms with Gasteiger partial charge >= 0.3 is 0 Å². The summed E-state index contributed by atoms with van der Waals surface area (Å²) in [6.07, 6.45) is 3.96. The first-order valence-corrected chi connectivity index (χ1v) is 13.8. The second-order valence-electron chi connectivity index (χ2n) is 10.1. The van der Waals surface area contributed by atoms with Crippen LogP contribution in [0.1, 0.15) is 61.3 Å². The number of ketones is 2. The highest BCUT2D eigenvalue weighted by molar-refractivity contribution is 6.04. The van der Waals surface area contributed by atoms with Crippen LogP contribution in [0.5, 0.6) is 17.4 Å². The van der Waals surface area contributed by atoms with Crippen LogP contribution < -0.4 is 14.8 Å². The molecule has 0 bridgehead atoms. The van der Waals surface area contributed by atoms with E-state index in [4.69, 9.17) is 9.47 Å². The van der Waals surface area contributed by atoms with Crippen molar-refractivity contribution in [3.63, 3.8) is 0 Å². The van der Waals surface area contributed by atoms with E-state index in [0.29, 0.717) is 60.1 Å². The first-order valence-electron chi connectivity index (χ1n) is 13.8. The monoisotopic (exact) mass is 578 g/mol. The number of aromatic nitrogens is 2. The molecule has 10 nitrogen and oxygen atoms in total. The molecule has 0 atom stereocenters. The number of piperidine rings is 1. The summed E-state index contributed by atoms with van der Waals surface area (Å²) in [5.41, 5.74) is 2.20. The van der Waals surface area contributed by atoms with Gasteiger partial charge in [-0.05, 0) is 86.5 Å². The van der Waals surface area contributed by atoms with Gasteiger partial charge in [0.1, 0.15) is 17.2 Å². The molecule has 3 heterocycles. The van der Waals surface area contributed by atoms with Crippen LogP contribution in [0, 0.1) is 5.92 Å². The van der Waals surface area contributed by atoms with Gasteiger partial charge in [0, 0.05) is 42.4 Å². The van der Waals surface area contributed by atoms with Crippen molar-refractivity contribution >= 4 is 29.1 Å². The number of pyridine rings is 2. The van der Waals surface area contributed by atoms with Crippen molar-refractivity contribution in [1.29, 1.82) is 0 Å². The SMILES string of the molecule is COc1ccc(C(=O)C2CCN(C(=O)c3ccc(C(=O)Nc4ccc(Oc5ccc(C(C)=O)cc5)nc4)cn3)CC2)cc1. The van der Waals surface area contributed by atoms with Crippen molar-refractivity contribution in [2.45, 2.75) is 19.8 Å². The number of carbonyl (C=O) groups is 4. The fourth-order valence-corrected chi connectivity index (χ4v) is 4.75. The zero-order chi connectivity index (χ0) is 30.3. The van der Waals surface area contributed by atoms with Gasteiger partial charge in [-0.1, -0.05) is 0 Å². The largest absolute Gasteiger partial charge is 0.497 e. The first-order chi connectivity index (χ1) is 20.8. The maximum absolute atomic E-state index is 13.0. The molecular weight excluding hydrogens is 548 g/mol. The van der Waals surface area contributed by atoms with Gasteiger partial charge in [0.25, 0.3) is 11.8 Å². The number of hydrogen-bond donors (Lipinski definition) is 1. The lowest BCUT2D eigenvalue weighted by atomic mass is 9.88. The minimum absolute atomic E-state index is 0.0304. The third-order valence-electron chi connectivity index (χ3n) is 7.25. The Labute approximate surface area is 248 Å². The van der Waals surface area contributed by atoms with E-state index in [-0.39, 0.29) is 34.6 Å². The number of hydrogen-bond acceptors (Lipinski definition) is 8. The van der Waals surface area contributed by atoms with Gasteiger partial charge in [0.05, 0.1) is 24.6 Å². The Bertz CT molecular complexity index is 1610. The van der Waals surface area contributed by atoms with E-state index in [9.17, 15) is 19.2 Å². The van der Waals surface area contributed by atoms with Crippen molar-refractivity contribution in [2.24, 2.45) is 5.92 Å².